The molecule has 0 aliphatic rings. The summed E-state index contributed by atoms with van der Waals surface area (Å²) in [5.41, 5.74) is 1.31. The minimum absolute atomic E-state index is 0.0480. The number of carboxylic acids is 1. The van der Waals surface area contributed by atoms with Crippen molar-refractivity contribution in [1.29, 1.82) is 0 Å². The molecule has 1 N–H and O–H groups in total. The van der Waals surface area contributed by atoms with E-state index in [0.717, 1.165) is 22.4 Å². The maximum atomic E-state index is 13.5. The van der Waals surface area contributed by atoms with Crippen molar-refractivity contribution in [2.45, 2.75) is 0 Å². The number of carbonyl (C=O) groups is 1. The van der Waals surface area contributed by atoms with Gasteiger partial charge in [-0.2, -0.15) is 0 Å². The maximum Gasteiger partial charge on any atom is 0.335 e. The fraction of sp³-hybridized carbons (Fsp3) is 0. The van der Waals surface area contributed by atoms with Gasteiger partial charge in [-0.25, -0.2) is 9.18 Å². The van der Waals surface area contributed by atoms with Gasteiger partial charge < -0.3 is 5.11 Å². The number of hydrogen-bond acceptors (Lipinski definition) is 1. The molecule has 0 saturated heterocycles. The summed E-state index contributed by atoms with van der Waals surface area (Å²) in [6, 6.07) is 17.4. The van der Waals surface area contributed by atoms with Crippen molar-refractivity contribution in [3.05, 3.63) is 72.0 Å². The second-order valence-corrected chi connectivity index (χ2v) is 4.60. The summed E-state index contributed by atoms with van der Waals surface area (Å²) < 4.78 is 13.5. The zero-order valence-electron chi connectivity index (χ0n) is 10.5. The van der Waals surface area contributed by atoms with Crippen LogP contribution >= 0.6 is 0 Å². The van der Waals surface area contributed by atoms with Gasteiger partial charge in [-0.15, -0.1) is 0 Å². The number of benzene rings is 3. The van der Waals surface area contributed by atoms with E-state index in [4.69, 9.17) is 5.11 Å². The molecule has 0 heterocycles. The van der Waals surface area contributed by atoms with E-state index in [1.54, 1.807) is 0 Å². The summed E-state index contributed by atoms with van der Waals surface area (Å²) in [6.07, 6.45) is 0. The average Bonchev–Trinajstić information content (AvgIpc) is 2.46. The number of rotatable bonds is 2. The van der Waals surface area contributed by atoms with Gasteiger partial charge >= 0.3 is 5.97 Å². The molecule has 0 bridgehead atoms. The van der Waals surface area contributed by atoms with Crippen molar-refractivity contribution >= 4 is 16.7 Å². The molecule has 0 radical (unpaired) electrons. The lowest BCUT2D eigenvalue weighted by atomic mass is 9.99. The molecule has 3 heteroatoms. The standard InChI is InChI=1S/C17H11FO2/c18-16-9-14(8-15(10-16)17(19)20)13-6-5-11-3-1-2-4-12(11)7-13/h1-10H,(H,19,20). The smallest absolute Gasteiger partial charge is 0.335 e. The van der Waals surface area contributed by atoms with Gasteiger partial charge in [0.05, 0.1) is 5.56 Å². The van der Waals surface area contributed by atoms with Crippen LogP contribution in [0.3, 0.4) is 0 Å². The second-order valence-electron chi connectivity index (χ2n) is 4.60. The van der Waals surface area contributed by atoms with Crippen molar-refractivity contribution in [2.24, 2.45) is 0 Å². The molecular weight excluding hydrogens is 255 g/mol. The minimum atomic E-state index is -1.13. The highest BCUT2D eigenvalue weighted by atomic mass is 19.1. The van der Waals surface area contributed by atoms with E-state index in [-0.39, 0.29) is 5.56 Å². The summed E-state index contributed by atoms with van der Waals surface area (Å²) in [4.78, 5) is 11.0. The molecule has 3 aromatic rings. The lowest BCUT2D eigenvalue weighted by Crippen LogP contribution is -1.97. The molecule has 2 nitrogen and oxygen atoms in total. The largest absolute Gasteiger partial charge is 0.478 e. The van der Waals surface area contributed by atoms with E-state index in [1.807, 2.05) is 42.5 Å². The van der Waals surface area contributed by atoms with Crippen LogP contribution in [0.25, 0.3) is 21.9 Å². The van der Waals surface area contributed by atoms with E-state index in [0.29, 0.717) is 5.56 Å². The van der Waals surface area contributed by atoms with Crippen molar-refractivity contribution in [3.63, 3.8) is 0 Å². The Morgan fingerprint density at radius 3 is 2.35 bits per heavy atom. The molecule has 0 saturated carbocycles. The third-order valence-electron chi connectivity index (χ3n) is 3.23. The predicted octanol–water partition coefficient (Wildman–Crippen LogP) is 4.34. The zero-order chi connectivity index (χ0) is 14.1. The Kier molecular flexibility index (Phi) is 2.95. The molecule has 98 valence electrons. The van der Waals surface area contributed by atoms with Crippen LogP contribution in [-0.4, -0.2) is 11.1 Å². The van der Waals surface area contributed by atoms with Crippen LogP contribution in [0.4, 0.5) is 4.39 Å². The van der Waals surface area contributed by atoms with Gasteiger partial charge in [0.1, 0.15) is 5.82 Å². The normalized spacial score (nSPS) is 10.7. The SMILES string of the molecule is O=C(O)c1cc(F)cc(-c2ccc3ccccc3c2)c1. The van der Waals surface area contributed by atoms with E-state index in [2.05, 4.69) is 0 Å². The lowest BCUT2D eigenvalue weighted by Gasteiger charge is -2.06. The molecule has 0 spiro atoms. The summed E-state index contributed by atoms with van der Waals surface area (Å²) in [5.74, 6) is -1.68. The number of carboxylic acid groups (broad SMARTS) is 1. The molecule has 0 aliphatic carbocycles. The molecule has 0 atom stereocenters. The van der Waals surface area contributed by atoms with Crippen molar-refractivity contribution < 1.29 is 14.3 Å². The van der Waals surface area contributed by atoms with Gasteiger partial charge in [0.25, 0.3) is 0 Å². The Morgan fingerprint density at radius 2 is 1.60 bits per heavy atom. The molecule has 0 unspecified atom stereocenters. The fourth-order valence-corrected chi connectivity index (χ4v) is 2.25. The highest BCUT2D eigenvalue weighted by Crippen LogP contribution is 2.26. The van der Waals surface area contributed by atoms with Gasteiger partial charge in [-0.1, -0.05) is 36.4 Å². The van der Waals surface area contributed by atoms with E-state index >= 15 is 0 Å². The molecule has 3 aromatic carbocycles. The highest BCUT2D eigenvalue weighted by Gasteiger charge is 2.08. The average molecular weight is 266 g/mol. The van der Waals surface area contributed by atoms with E-state index in [9.17, 15) is 9.18 Å². The number of aromatic carboxylic acids is 1. The van der Waals surface area contributed by atoms with Crippen molar-refractivity contribution in [3.8, 4) is 11.1 Å². The Labute approximate surface area is 115 Å². The second kappa shape index (κ2) is 4.78. The van der Waals surface area contributed by atoms with Crippen LogP contribution in [0.1, 0.15) is 10.4 Å². The van der Waals surface area contributed by atoms with Crippen LogP contribution in [0.5, 0.6) is 0 Å². The quantitative estimate of drug-likeness (QED) is 0.749. The van der Waals surface area contributed by atoms with Gasteiger partial charge in [-0.05, 0) is 46.2 Å². The first-order valence-electron chi connectivity index (χ1n) is 6.16. The van der Waals surface area contributed by atoms with E-state index in [1.165, 1.54) is 12.1 Å². The first-order valence-corrected chi connectivity index (χ1v) is 6.16. The van der Waals surface area contributed by atoms with Crippen LogP contribution in [0, 0.1) is 5.82 Å². The van der Waals surface area contributed by atoms with Crippen LogP contribution < -0.4 is 0 Å². The first-order chi connectivity index (χ1) is 9.63. The molecular formula is C17H11FO2. The summed E-state index contributed by atoms with van der Waals surface area (Å²) in [6.45, 7) is 0. The Balaban J connectivity index is 2.17. The van der Waals surface area contributed by atoms with Crippen LogP contribution in [-0.2, 0) is 0 Å². The maximum absolute atomic E-state index is 13.5. The highest BCUT2D eigenvalue weighted by molar-refractivity contribution is 5.91. The minimum Gasteiger partial charge on any atom is -0.478 e. The van der Waals surface area contributed by atoms with Gasteiger partial charge in [0, 0.05) is 0 Å². The van der Waals surface area contributed by atoms with Gasteiger partial charge in [0.15, 0.2) is 0 Å². The van der Waals surface area contributed by atoms with Crippen molar-refractivity contribution in [2.75, 3.05) is 0 Å². The fourth-order valence-electron chi connectivity index (χ4n) is 2.25. The first kappa shape index (κ1) is 12.4. The lowest BCUT2D eigenvalue weighted by molar-refractivity contribution is 0.0696. The molecule has 0 amide bonds. The van der Waals surface area contributed by atoms with Crippen molar-refractivity contribution in [1.82, 2.24) is 0 Å². The van der Waals surface area contributed by atoms with Gasteiger partial charge in [0.2, 0.25) is 0 Å². The molecule has 0 fully saturated rings. The molecule has 0 aromatic heterocycles. The Bertz CT molecular complexity index is 809. The summed E-state index contributed by atoms with van der Waals surface area (Å²) in [7, 11) is 0. The summed E-state index contributed by atoms with van der Waals surface area (Å²) >= 11 is 0. The predicted molar refractivity (Wildman–Crippen MR) is 76.3 cm³/mol. The topological polar surface area (TPSA) is 37.3 Å². The van der Waals surface area contributed by atoms with Gasteiger partial charge in [-0.3, -0.25) is 0 Å². The van der Waals surface area contributed by atoms with Crippen LogP contribution in [0.15, 0.2) is 60.7 Å². The zero-order valence-corrected chi connectivity index (χ0v) is 10.5. The number of fused-ring (bicyclic) bond motifs is 1. The Hall–Kier alpha value is -2.68. The number of halogens is 1. The molecule has 0 aliphatic heterocycles. The third kappa shape index (κ3) is 2.26. The summed E-state index contributed by atoms with van der Waals surface area (Å²) in [5, 5.41) is 11.1. The molecule has 20 heavy (non-hydrogen) atoms. The van der Waals surface area contributed by atoms with Crippen LogP contribution in [0.2, 0.25) is 0 Å². The van der Waals surface area contributed by atoms with E-state index < -0.39 is 11.8 Å². The monoisotopic (exact) mass is 266 g/mol. The number of hydrogen-bond donors (Lipinski definition) is 1. The third-order valence-corrected chi connectivity index (χ3v) is 3.23. The Morgan fingerprint density at radius 1 is 0.850 bits per heavy atom. The molecule has 3 rings (SSSR count).